The van der Waals surface area contributed by atoms with Crippen LogP contribution < -0.4 is 5.73 Å². The van der Waals surface area contributed by atoms with E-state index < -0.39 is 28.2 Å². The Bertz CT molecular complexity index is 318. The molecule has 3 N–H and O–H groups in total. The van der Waals surface area contributed by atoms with Crippen LogP contribution in [0.25, 0.3) is 0 Å². The summed E-state index contributed by atoms with van der Waals surface area (Å²) in [6.45, 7) is 0.972. The summed E-state index contributed by atoms with van der Waals surface area (Å²) in [4.78, 5) is 0. The van der Waals surface area contributed by atoms with Gasteiger partial charge < -0.3 is 10.9 Å². The average molecular weight is 245 g/mol. The Kier molecular flexibility index (Phi) is 5.44. The highest BCUT2D eigenvalue weighted by Gasteiger charge is 2.31. The van der Waals surface area contributed by atoms with Gasteiger partial charge in [0.2, 0.25) is 0 Å². The highest BCUT2D eigenvalue weighted by atomic mass is 32.2. The van der Waals surface area contributed by atoms with Gasteiger partial charge in [0, 0.05) is 6.54 Å². The minimum atomic E-state index is -4.68. The van der Waals surface area contributed by atoms with Crippen molar-refractivity contribution in [2.45, 2.75) is 19.1 Å². The van der Waals surface area contributed by atoms with Crippen LogP contribution in [0.15, 0.2) is 5.16 Å². The van der Waals surface area contributed by atoms with Crippen LogP contribution in [0.5, 0.6) is 0 Å². The first-order chi connectivity index (χ1) is 6.86. The molecule has 6 nitrogen and oxygen atoms in total. The first kappa shape index (κ1) is 14.0. The van der Waals surface area contributed by atoms with E-state index in [2.05, 4.69) is 5.16 Å². The maximum Gasteiger partial charge on any atom is 0.350 e. The van der Waals surface area contributed by atoms with E-state index in [1.165, 1.54) is 0 Å². The first-order valence-corrected chi connectivity index (χ1v) is 5.60. The van der Waals surface area contributed by atoms with Crippen molar-refractivity contribution in [2.75, 3.05) is 13.1 Å². The van der Waals surface area contributed by atoms with E-state index in [1.807, 2.05) is 0 Å². The molecule has 0 aromatic heterocycles. The smallest absolute Gasteiger partial charge is 0.350 e. The lowest BCUT2D eigenvalue weighted by molar-refractivity contribution is 0.220. The highest BCUT2D eigenvalue weighted by molar-refractivity contribution is 7.89. The van der Waals surface area contributed by atoms with Crippen molar-refractivity contribution < 1.29 is 22.4 Å². The van der Waals surface area contributed by atoms with Crippen molar-refractivity contribution in [3.05, 3.63) is 0 Å². The van der Waals surface area contributed by atoms with Gasteiger partial charge in [0.15, 0.2) is 5.84 Å². The summed E-state index contributed by atoms with van der Waals surface area (Å²) < 4.78 is 46.9. The maximum absolute atomic E-state index is 12.2. The lowest BCUT2D eigenvalue weighted by Crippen LogP contribution is -2.41. The van der Waals surface area contributed by atoms with Crippen molar-refractivity contribution >= 4 is 15.9 Å². The third kappa shape index (κ3) is 3.96. The SMILES string of the molecule is CCCN(CC(N)=NO)S(=O)(=O)C(F)F. The fourth-order valence-corrected chi connectivity index (χ4v) is 1.85. The van der Waals surface area contributed by atoms with Gasteiger partial charge in [0.25, 0.3) is 10.0 Å². The molecule has 9 heteroatoms. The zero-order valence-corrected chi connectivity index (χ0v) is 8.91. The summed E-state index contributed by atoms with van der Waals surface area (Å²) in [6, 6.07) is 0. The van der Waals surface area contributed by atoms with Gasteiger partial charge in [-0.1, -0.05) is 12.1 Å². The number of nitrogens with zero attached hydrogens (tertiary/aromatic N) is 2. The van der Waals surface area contributed by atoms with E-state index in [0.29, 0.717) is 10.7 Å². The molecule has 0 aliphatic rings. The van der Waals surface area contributed by atoms with Crippen molar-refractivity contribution in [2.24, 2.45) is 10.9 Å². The molecular formula is C6H13F2N3O3S. The second-order valence-corrected chi connectivity index (χ2v) is 4.63. The fraction of sp³-hybridized carbons (Fsp3) is 0.833. The molecule has 0 unspecified atom stereocenters. The van der Waals surface area contributed by atoms with Gasteiger partial charge >= 0.3 is 5.76 Å². The molecule has 0 radical (unpaired) electrons. The molecule has 0 amide bonds. The number of hydrogen-bond acceptors (Lipinski definition) is 4. The number of oxime groups is 1. The largest absolute Gasteiger partial charge is 0.409 e. The number of sulfonamides is 1. The quantitative estimate of drug-likeness (QED) is 0.298. The molecule has 15 heavy (non-hydrogen) atoms. The molecule has 0 fully saturated rings. The van der Waals surface area contributed by atoms with Crippen molar-refractivity contribution in [1.82, 2.24) is 4.31 Å². The van der Waals surface area contributed by atoms with Crippen LogP contribution in [0.4, 0.5) is 8.78 Å². The zero-order chi connectivity index (χ0) is 12.1. The predicted molar refractivity (Wildman–Crippen MR) is 50.2 cm³/mol. The van der Waals surface area contributed by atoms with Crippen molar-refractivity contribution in [3.8, 4) is 0 Å². The second-order valence-electron chi connectivity index (χ2n) is 2.73. The summed E-state index contributed by atoms with van der Waals surface area (Å²) in [5.41, 5.74) is 5.05. The fourth-order valence-electron chi connectivity index (χ4n) is 0.871. The monoisotopic (exact) mass is 245 g/mol. The van der Waals surface area contributed by atoms with Crippen LogP contribution >= 0.6 is 0 Å². The Morgan fingerprint density at radius 3 is 2.47 bits per heavy atom. The van der Waals surface area contributed by atoms with Gasteiger partial charge in [0.05, 0.1) is 6.54 Å². The molecule has 0 saturated carbocycles. The number of halogens is 2. The van der Waals surface area contributed by atoms with Crippen LogP contribution in [-0.2, 0) is 10.0 Å². The van der Waals surface area contributed by atoms with Gasteiger partial charge in [0.1, 0.15) is 0 Å². The number of rotatable bonds is 6. The number of amidine groups is 1. The molecule has 0 rings (SSSR count). The summed E-state index contributed by atoms with van der Waals surface area (Å²) in [5.74, 6) is -3.94. The number of alkyl halides is 2. The van der Waals surface area contributed by atoms with E-state index in [1.54, 1.807) is 6.92 Å². The average Bonchev–Trinajstić information content (AvgIpc) is 2.16. The normalized spacial score (nSPS) is 13.8. The van der Waals surface area contributed by atoms with E-state index in [-0.39, 0.29) is 6.54 Å². The van der Waals surface area contributed by atoms with Gasteiger partial charge in [-0.05, 0) is 6.42 Å². The standard InChI is InChI=1S/C6H13F2N3O3S/c1-2-3-11(4-5(9)10-12)15(13,14)6(7)8/h6,12H,2-4H2,1H3,(H2,9,10). The lowest BCUT2D eigenvalue weighted by Gasteiger charge is -2.19. The second kappa shape index (κ2) is 5.81. The Labute approximate surface area is 86.4 Å². The lowest BCUT2D eigenvalue weighted by atomic mass is 10.4. The Balaban J connectivity index is 4.82. The zero-order valence-electron chi connectivity index (χ0n) is 8.10. The molecule has 0 saturated heterocycles. The van der Waals surface area contributed by atoms with E-state index in [4.69, 9.17) is 10.9 Å². The minimum absolute atomic E-state index is 0.108. The molecule has 90 valence electrons. The maximum atomic E-state index is 12.2. The van der Waals surface area contributed by atoms with Crippen molar-refractivity contribution in [3.63, 3.8) is 0 Å². The van der Waals surface area contributed by atoms with E-state index >= 15 is 0 Å². The summed E-state index contributed by atoms with van der Waals surface area (Å²) in [7, 11) is -4.68. The van der Waals surface area contributed by atoms with Crippen LogP contribution in [0.3, 0.4) is 0 Å². The minimum Gasteiger partial charge on any atom is -0.409 e. The van der Waals surface area contributed by atoms with Gasteiger partial charge in [-0.3, -0.25) is 0 Å². The van der Waals surface area contributed by atoms with Crippen molar-refractivity contribution in [1.29, 1.82) is 0 Å². The highest BCUT2D eigenvalue weighted by Crippen LogP contribution is 2.11. The van der Waals surface area contributed by atoms with Gasteiger partial charge in [-0.15, -0.1) is 0 Å². The molecule has 0 spiro atoms. The van der Waals surface area contributed by atoms with Crippen LogP contribution in [0.1, 0.15) is 13.3 Å². The molecule has 0 aromatic carbocycles. The molecule has 0 bridgehead atoms. The first-order valence-electron chi connectivity index (χ1n) is 4.09. The van der Waals surface area contributed by atoms with Gasteiger partial charge in [-0.25, -0.2) is 8.42 Å². The molecule has 0 aromatic rings. The van der Waals surface area contributed by atoms with E-state index in [0.717, 1.165) is 0 Å². The Hall–Kier alpha value is -0.960. The molecule has 0 atom stereocenters. The summed E-state index contributed by atoms with van der Waals surface area (Å²) in [6.07, 6.45) is 0.352. The molecule has 0 heterocycles. The molecular weight excluding hydrogens is 232 g/mol. The van der Waals surface area contributed by atoms with Crippen LogP contribution in [-0.4, -0.2) is 42.6 Å². The van der Waals surface area contributed by atoms with Crippen LogP contribution in [0, 0.1) is 0 Å². The Morgan fingerprint density at radius 1 is 1.60 bits per heavy atom. The third-order valence-electron chi connectivity index (χ3n) is 1.52. The summed E-state index contributed by atoms with van der Waals surface area (Å²) in [5, 5.41) is 10.7. The Morgan fingerprint density at radius 2 is 2.13 bits per heavy atom. The molecule has 0 aliphatic heterocycles. The topological polar surface area (TPSA) is 96.0 Å². The third-order valence-corrected chi connectivity index (χ3v) is 3.01. The number of hydrogen-bond donors (Lipinski definition) is 2. The number of nitrogens with two attached hydrogens (primary N) is 1. The predicted octanol–water partition coefficient (Wildman–Crippen LogP) is -0.00280. The van der Waals surface area contributed by atoms with Crippen LogP contribution in [0.2, 0.25) is 0 Å². The molecule has 0 aliphatic carbocycles. The van der Waals surface area contributed by atoms with Gasteiger partial charge in [-0.2, -0.15) is 13.1 Å². The summed E-state index contributed by atoms with van der Waals surface area (Å²) >= 11 is 0. The van der Waals surface area contributed by atoms with E-state index in [9.17, 15) is 17.2 Å².